The van der Waals surface area contributed by atoms with Crippen LogP contribution in [0.4, 0.5) is 0 Å². The lowest BCUT2D eigenvalue weighted by atomic mass is 9.77. The van der Waals surface area contributed by atoms with Crippen molar-refractivity contribution in [1.29, 1.82) is 0 Å². The maximum atomic E-state index is 6.15. The third-order valence-corrected chi connectivity index (χ3v) is 4.79. The van der Waals surface area contributed by atoms with Crippen LogP contribution in [-0.2, 0) is 5.54 Å². The minimum Gasteiger partial charge on any atom is -0.387 e. The van der Waals surface area contributed by atoms with Gasteiger partial charge in [0, 0.05) is 5.41 Å². The molecule has 28 heavy (non-hydrogen) atoms. The Kier molecular flexibility index (Phi) is 5.74. The third-order valence-electron chi connectivity index (χ3n) is 4.79. The van der Waals surface area contributed by atoms with E-state index in [0.29, 0.717) is 5.84 Å². The Labute approximate surface area is 167 Å². The summed E-state index contributed by atoms with van der Waals surface area (Å²) in [5.74, 6) is 0.555. The zero-order chi connectivity index (χ0) is 20.0. The Hall–Kier alpha value is -3.20. The average molecular weight is 370 g/mol. The molecule has 3 aromatic rings. The van der Waals surface area contributed by atoms with Gasteiger partial charge in [0.15, 0.2) is 0 Å². The maximum Gasteiger partial charge on any atom is 0.137 e. The molecule has 0 fully saturated rings. The highest BCUT2D eigenvalue weighted by Crippen LogP contribution is 2.40. The number of hydrogen-bond acceptors (Lipinski definition) is 1. The largest absolute Gasteiger partial charge is 0.387 e. The first-order chi connectivity index (χ1) is 13.4. The fraction of sp³-hybridized carbons (Fsp3) is 0.200. The van der Waals surface area contributed by atoms with Crippen LogP contribution in [0.2, 0.25) is 0 Å². The molecule has 0 aliphatic rings. The molecule has 0 heterocycles. The van der Waals surface area contributed by atoms with E-state index in [9.17, 15) is 0 Å². The molecule has 142 valence electrons. The van der Waals surface area contributed by atoms with Crippen molar-refractivity contribution in [2.75, 3.05) is 0 Å². The van der Waals surface area contributed by atoms with Gasteiger partial charge >= 0.3 is 0 Å². The molecule has 2 N–H and O–H groups in total. The molecule has 3 nitrogen and oxygen atoms in total. The second-order valence-corrected chi connectivity index (χ2v) is 7.82. The van der Waals surface area contributed by atoms with Crippen LogP contribution >= 0.6 is 0 Å². The average Bonchev–Trinajstić information content (AvgIpc) is 2.72. The first-order valence-electron chi connectivity index (χ1n) is 9.48. The van der Waals surface area contributed by atoms with Crippen LogP contribution in [0.25, 0.3) is 0 Å². The molecule has 0 spiro atoms. The Bertz CT molecular complexity index is 841. The lowest BCUT2D eigenvalue weighted by molar-refractivity contribution is 0.585. The number of hydrogen-bond donors (Lipinski definition) is 1. The number of benzene rings is 3. The quantitative estimate of drug-likeness (QED) is 0.365. The zero-order valence-electron chi connectivity index (χ0n) is 16.7. The molecule has 3 rings (SSSR count). The Morgan fingerprint density at radius 3 is 1.36 bits per heavy atom. The van der Waals surface area contributed by atoms with Crippen molar-refractivity contribution < 1.29 is 0 Å². The van der Waals surface area contributed by atoms with Crippen LogP contribution in [0.3, 0.4) is 0 Å². The molecule has 0 bridgehead atoms. The highest BCUT2D eigenvalue weighted by atomic mass is 15.0. The van der Waals surface area contributed by atoms with E-state index in [1.54, 1.807) is 6.34 Å². The molecule has 0 amide bonds. The Morgan fingerprint density at radius 1 is 0.679 bits per heavy atom. The summed E-state index contributed by atoms with van der Waals surface area (Å²) in [4.78, 5) is 9.49. The normalized spacial score (nSPS) is 13.0. The first kappa shape index (κ1) is 19.6. The van der Waals surface area contributed by atoms with Gasteiger partial charge in [0.2, 0.25) is 0 Å². The minimum atomic E-state index is -0.703. The number of amidine groups is 1. The minimum absolute atomic E-state index is 0.207. The van der Waals surface area contributed by atoms with Gasteiger partial charge in [0.1, 0.15) is 17.7 Å². The maximum absolute atomic E-state index is 6.15. The van der Waals surface area contributed by atoms with E-state index in [1.165, 1.54) is 0 Å². The summed E-state index contributed by atoms with van der Waals surface area (Å²) in [6.45, 7) is 6.12. The summed E-state index contributed by atoms with van der Waals surface area (Å²) in [6.07, 6.45) is 1.60. The van der Waals surface area contributed by atoms with Crippen LogP contribution in [0.15, 0.2) is 101 Å². The number of rotatable bonds is 5. The van der Waals surface area contributed by atoms with E-state index in [2.05, 4.69) is 41.4 Å². The van der Waals surface area contributed by atoms with Crippen molar-refractivity contribution >= 4 is 12.2 Å². The molecular formula is C25H27N3. The van der Waals surface area contributed by atoms with E-state index in [-0.39, 0.29) is 5.41 Å². The predicted octanol–water partition coefficient (Wildman–Crippen LogP) is 5.41. The fourth-order valence-electron chi connectivity index (χ4n) is 3.13. The highest BCUT2D eigenvalue weighted by molar-refractivity contribution is 5.91. The van der Waals surface area contributed by atoms with Gasteiger partial charge in [-0.1, -0.05) is 112 Å². The molecule has 0 saturated heterocycles. The lowest BCUT2D eigenvalue weighted by Gasteiger charge is -2.31. The van der Waals surface area contributed by atoms with Crippen molar-refractivity contribution in [2.45, 2.75) is 26.3 Å². The highest BCUT2D eigenvalue weighted by Gasteiger charge is 2.35. The summed E-state index contributed by atoms with van der Waals surface area (Å²) in [5.41, 5.74) is 8.48. The van der Waals surface area contributed by atoms with Crippen molar-refractivity contribution in [3.63, 3.8) is 0 Å². The summed E-state index contributed by atoms with van der Waals surface area (Å²) in [5, 5.41) is 0. The van der Waals surface area contributed by atoms with Gasteiger partial charge in [-0.2, -0.15) is 0 Å². The predicted molar refractivity (Wildman–Crippen MR) is 119 cm³/mol. The van der Waals surface area contributed by atoms with Crippen molar-refractivity contribution in [3.05, 3.63) is 108 Å². The molecule has 3 aromatic carbocycles. The monoisotopic (exact) mass is 369 g/mol. The molecule has 0 radical (unpaired) electrons. The van der Waals surface area contributed by atoms with Gasteiger partial charge in [-0.15, -0.1) is 0 Å². The van der Waals surface area contributed by atoms with Crippen molar-refractivity contribution in [3.8, 4) is 0 Å². The van der Waals surface area contributed by atoms with E-state index in [1.807, 2.05) is 75.4 Å². The van der Waals surface area contributed by atoms with Gasteiger partial charge in [0.05, 0.1) is 0 Å². The van der Waals surface area contributed by atoms with Crippen LogP contribution in [-0.4, -0.2) is 12.2 Å². The topological polar surface area (TPSA) is 50.7 Å². The second-order valence-electron chi connectivity index (χ2n) is 7.82. The SMILES string of the molecule is CC(C)(C)C(N)=NC=NC(c1ccccc1)(c1ccccc1)c1ccccc1. The zero-order valence-corrected chi connectivity index (χ0v) is 16.7. The van der Waals surface area contributed by atoms with E-state index < -0.39 is 5.54 Å². The van der Waals surface area contributed by atoms with Gasteiger partial charge in [0.25, 0.3) is 0 Å². The molecule has 0 aliphatic carbocycles. The third kappa shape index (κ3) is 4.04. The van der Waals surface area contributed by atoms with Gasteiger partial charge in [-0.05, 0) is 16.7 Å². The van der Waals surface area contributed by atoms with Gasteiger partial charge in [-0.25, -0.2) is 4.99 Å². The fourth-order valence-corrected chi connectivity index (χ4v) is 3.13. The van der Waals surface area contributed by atoms with Crippen LogP contribution in [0.5, 0.6) is 0 Å². The van der Waals surface area contributed by atoms with Crippen LogP contribution < -0.4 is 5.73 Å². The molecule has 0 unspecified atom stereocenters. The van der Waals surface area contributed by atoms with Gasteiger partial charge in [-0.3, -0.25) is 4.99 Å². The molecule has 3 heteroatoms. The molecule has 0 aliphatic heterocycles. The summed E-state index contributed by atoms with van der Waals surface area (Å²) >= 11 is 0. The Balaban J connectivity index is 2.26. The van der Waals surface area contributed by atoms with Gasteiger partial charge < -0.3 is 5.73 Å². The number of nitrogens with two attached hydrogens (primary N) is 1. The van der Waals surface area contributed by atoms with E-state index in [0.717, 1.165) is 16.7 Å². The van der Waals surface area contributed by atoms with Crippen molar-refractivity contribution in [2.24, 2.45) is 21.1 Å². The number of nitrogens with zero attached hydrogens (tertiary/aromatic N) is 2. The molecule has 0 saturated carbocycles. The molecule has 0 aromatic heterocycles. The first-order valence-corrected chi connectivity index (χ1v) is 9.48. The smallest absolute Gasteiger partial charge is 0.137 e. The molecular weight excluding hydrogens is 342 g/mol. The van der Waals surface area contributed by atoms with Crippen molar-refractivity contribution in [1.82, 2.24) is 0 Å². The number of aliphatic imine (C=N–C) groups is 2. The van der Waals surface area contributed by atoms with E-state index in [4.69, 9.17) is 10.7 Å². The summed E-state index contributed by atoms with van der Waals surface area (Å²) in [7, 11) is 0. The summed E-state index contributed by atoms with van der Waals surface area (Å²) in [6, 6.07) is 30.9. The lowest BCUT2D eigenvalue weighted by Crippen LogP contribution is -2.30. The Morgan fingerprint density at radius 2 is 1.04 bits per heavy atom. The van der Waals surface area contributed by atoms with Crippen LogP contribution in [0.1, 0.15) is 37.5 Å². The standard InChI is InChI=1S/C25H27N3/c1-24(2,3)23(26)27-19-28-25(20-13-7-4-8-14-20,21-15-9-5-10-16-21)22-17-11-6-12-18-22/h4-19H,1-3H3,(H2,26,27,28). The molecule has 0 atom stereocenters. The van der Waals surface area contributed by atoms with E-state index >= 15 is 0 Å². The summed E-state index contributed by atoms with van der Waals surface area (Å²) < 4.78 is 0. The second kappa shape index (κ2) is 8.22. The van der Waals surface area contributed by atoms with Crippen LogP contribution in [0, 0.1) is 5.41 Å².